The van der Waals surface area contributed by atoms with Gasteiger partial charge in [0.25, 0.3) is 0 Å². The van der Waals surface area contributed by atoms with Crippen LogP contribution in [0.4, 0.5) is 0 Å². The van der Waals surface area contributed by atoms with Crippen molar-refractivity contribution in [3.05, 3.63) is 54.6 Å². The molecule has 3 rings (SSSR count). The number of nitrogens with zero attached hydrogens (tertiary/aromatic N) is 3. The monoisotopic (exact) mass is 345 g/mol. The molecule has 9 heteroatoms. The summed E-state index contributed by atoms with van der Waals surface area (Å²) in [6.45, 7) is 0.00161. The zero-order chi connectivity index (χ0) is 17.0. The summed E-state index contributed by atoms with van der Waals surface area (Å²) < 4.78 is 32.0. The van der Waals surface area contributed by atoms with Gasteiger partial charge >= 0.3 is 0 Å². The van der Waals surface area contributed by atoms with Gasteiger partial charge in [0.1, 0.15) is 11.6 Å². The van der Waals surface area contributed by atoms with E-state index in [2.05, 4.69) is 24.9 Å². The fraction of sp³-hybridized carbons (Fsp3) is 0.133. The van der Waals surface area contributed by atoms with Crippen LogP contribution in [0.5, 0.6) is 5.75 Å². The van der Waals surface area contributed by atoms with Gasteiger partial charge in [-0.25, -0.2) is 18.1 Å². The minimum atomic E-state index is -3.64. The number of nitrogens with one attached hydrogen (secondary N) is 2. The molecule has 0 bridgehead atoms. The average Bonchev–Trinajstić information content (AvgIpc) is 3.10. The van der Waals surface area contributed by atoms with Gasteiger partial charge in [-0.05, 0) is 36.4 Å². The quantitative estimate of drug-likeness (QED) is 0.698. The zero-order valence-corrected chi connectivity index (χ0v) is 13.6. The van der Waals surface area contributed by atoms with Crippen molar-refractivity contribution in [2.24, 2.45) is 0 Å². The summed E-state index contributed by atoms with van der Waals surface area (Å²) in [7, 11) is -2.13. The molecule has 1 aromatic carbocycles. The van der Waals surface area contributed by atoms with Crippen molar-refractivity contribution in [1.29, 1.82) is 0 Å². The smallest absolute Gasteiger partial charge is 0.240 e. The zero-order valence-electron chi connectivity index (χ0n) is 12.8. The first-order valence-electron chi connectivity index (χ1n) is 7.04. The van der Waals surface area contributed by atoms with E-state index in [1.165, 1.54) is 19.2 Å². The minimum Gasteiger partial charge on any atom is -0.497 e. The average molecular weight is 345 g/mol. The largest absolute Gasteiger partial charge is 0.497 e. The number of rotatable bonds is 6. The fourth-order valence-corrected chi connectivity index (χ4v) is 2.99. The van der Waals surface area contributed by atoms with Gasteiger partial charge in [0.2, 0.25) is 10.0 Å². The van der Waals surface area contributed by atoms with E-state index in [0.29, 0.717) is 17.4 Å². The molecule has 3 aromatic rings. The first-order chi connectivity index (χ1) is 11.6. The third-order valence-corrected chi connectivity index (χ3v) is 4.67. The maximum Gasteiger partial charge on any atom is 0.240 e. The van der Waals surface area contributed by atoms with E-state index >= 15 is 0 Å². The molecule has 24 heavy (non-hydrogen) atoms. The van der Waals surface area contributed by atoms with Gasteiger partial charge in [-0.3, -0.25) is 10.1 Å². The van der Waals surface area contributed by atoms with Gasteiger partial charge in [-0.15, -0.1) is 0 Å². The van der Waals surface area contributed by atoms with Crippen molar-refractivity contribution in [3.8, 4) is 17.1 Å². The first-order valence-corrected chi connectivity index (χ1v) is 8.52. The van der Waals surface area contributed by atoms with Crippen LogP contribution in [0.3, 0.4) is 0 Å². The van der Waals surface area contributed by atoms with Crippen LogP contribution in [0.15, 0.2) is 53.7 Å². The molecule has 0 atom stereocenters. The van der Waals surface area contributed by atoms with Gasteiger partial charge in [-0.1, -0.05) is 0 Å². The Morgan fingerprint density at radius 3 is 2.67 bits per heavy atom. The molecular formula is C15H15N5O3S. The number of H-pyrrole nitrogens is 1. The molecule has 0 radical (unpaired) electrons. The predicted molar refractivity (Wildman–Crippen MR) is 86.6 cm³/mol. The van der Waals surface area contributed by atoms with E-state index in [4.69, 9.17) is 4.74 Å². The van der Waals surface area contributed by atoms with Gasteiger partial charge in [0.05, 0.1) is 18.6 Å². The standard InChI is InChI=1S/C15H15N5O3S/c1-23-12-4-6-13(7-5-12)24(21,22)17-10-14-18-15(20-19-14)11-3-2-8-16-9-11/h2-9,17H,10H2,1H3,(H,18,19,20). The van der Waals surface area contributed by atoms with Crippen LogP contribution in [0.1, 0.15) is 5.82 Å². The lowest BCUT2D eigenvalue weighted by molar-refractivity contribution is 0.414. The lowest BCUT2D eigenvalue weighted by Gasteiger charge is -2.06. The second-order valence-corrected chi connectivity index (χ2v) is 6.61. The lowest BCUT2D eigenvalue weighted by Crippen LogP contribution is -2.23. The number of aromatic nitrogens is 4. The number of hydrogen-bond acceptors (Lipinski definition) is 6. The first kappa shape index (κ1) is 16.1. The number of benzene rings is 1. The molecule has 0 saturated heterocycles. The summed E-state index contributed by atoms with van der Waals surface area (Å²) in [4.78, 5) is 8.39. The second kappa shape index (κ2) is 6.77. The van der Waals surface area contributed by atoms with Crippen molar-refractivity contribution in [2.75, 3.05) is 7.11 Å². The van der Waals surface area contributed by atoms with E-state index in [1.54, 1.807) is 30.6 Å². The molecule has 2 heterocycles. The molecule has 0 spiro atoms. The second-order valence-electron chi connectivity index (χ2n) is 4.85. The Labute approximate surface area is 139 Å². The lowest BCUT2D eigenvalue weighted by atomic mass is 10.3. The van der Waals surface area contributed by atoms with Crippen LogP contribution >= 0.6 is 0 Å². The van der Waals surface area contributed by atoms with Crippen LogP contribution in [-0.2, 0) is 16.6 Å². The maximum atomic E-state index is 12.3. The van der Waals surface area contributed by atoms with Crippen LogP contribution in [0, 0.1) is 0 Å². The van der Waals surface area contributed by atoms with Crippen LogP contribution in [0.25, 0.3) is 11.4 Å². The Morgan fingerprint density at radius 2 is 2.00 bits per heavy atom. The molecule has 2 N–H and O–H groups in total. The number of sulfonamides is 1. The Balaban J connectivity index is 1.69. The maximum absolute atomic E-state index is 12.3. The summed E-state index contributed by atoms with van der Waals surface area (Å²) in [5.74, 6) is 1.46. The van der Waals surface area contributed by atoms with E-state index < -0.39 is 10.0 Å². The molecular weight excluding hydrogens is 330 g/mol. The van der Waals surface area contributed by atoms with Gasteiger partial charge in [0.15, 0.2) is 5.82 Å². The SMILES string of the molecule is COc1ccc(S(=O)(=O)NCc2nc(-c3cccnc3)n[nH]2)cc1. The van der Waals surface area contributed by atoms with E-state index in [1.807, 2.05) is 6.07 Å². The van der Waals surface area contributed by atoms with Gasteiger partial charge in [0, 0.05) is 18.0 Å². The van der Waals surface area contributed by atoms with Crippen LogP contribution in [0.2, 0.25) is 0 Å². The molecule has 0 aliphatic carbocycles. The third kappa shape index (κ3) is 3.58. The van der Waals surface area contributed by atoms with Crippen molar-refractivity contribution in [2.45, 2.75) is 11.4 Å². The normalized spacial score (nSPS) is 11.4. The number of hydrogen-bond donors (Lipinski definition) is 2. The van der Waals surface area contributed by atoms with E-state index in [-0.39, 0.29) is 11.4 Å². The molecule has 0 aliphatic rings. The molecule has 0 unspecified atom stereocenters. The predicted octanol–water partition coefficient (Wildman–Crippen LogP) is 1.35. The fourth-order valence-electron chi connectivity index (χ4n) is 2.00. The highest BCUT2D eigenvalue weighted by atomic mass is 32.2. The summed E-state index contributed by atoms with van der Waals surface area (Å²) in [6.07, 6.45) is 3.29. The van der Waals surface area contributed by atoms with Crippen molar-refractivity contribution >= 4 is 10.0 Å². The Morgan fingerprint density at radius 1 is 1.21 bits per heavy atom. The molecule has 0 aliphatic heterocycles. The van der Waals surface area contributed by atoms with Crippen molar-refractivity contribution in [3.63, 3.8) is 0 Å². The highest BCUT2D eigenvalue weighted by Gasteiger charge is 2.15. The van der Waals surface area contributed by atoms with Crippen LogP contribution < -0.4 is 9.46 Å². The number of pyridine rings is 1. The molecule has 124 valence electrons. The highest BCUT2D eigenvalue weighted by Crippen LogP contribution is 2.16. The molecule has 2 aromatic heterocycles. The topological polar surface area (TPSA) is 110 Å². The number of methoxy groups -OCH3 is 1. The van der Waals surface area contributed by atoms with Gasteiger partial charge in [-0.2, -0.15) is 5.10 Å². The molecule has 0 fully saturated rings. The molecule has 8 nitrogen and oxygen atoms in total. The molecule has 0 amide bonds. The Bertz CT molecular complexity index is 908. The van der Waals surface area contributed by atoms with Gasteiger partial charge < -0.3 is 4.74 Å². The number of aromatic amines is 1. The minimum absolute atomic E-state index is 0.00161. The summed E-state index contributed by atoms with van der Waals surface area (Å²) in [5, 5.41) is 6.77. The summed E-state index contributed by atoms with van der Waals surface area (Å²) in [5.41, 5.74) is 0.748. The summed E-state index contributed by atoms with van der Waals surface area (Å²) in [6, 6.07) is 9.72. The van der Waals surface area contributed by atoms with Crippen molar-refractivity contribution in [1.82, 2.24) is 24.9 Å². The molecule has 0 saturated carbocycles. The van der Waals surface area contributed by atoms with Crippen LogP contribution in [-0.4, -0.2) is 35.7 Å². The van der Waals surface area contributed by atoms with Crippen molar-refractivity contribution < 1.29 is 13.2 Å². The third-order valence-electron chi connectivity index (χ3n) is 3.25. The van der Waals surface area contributed by atoms with E-state index in [0.717, 1.165) is 5.56 Å². The highest BCUT2D eigenvalue weighted by molar-refractivity contribution is 7.89. The summed E-state index contributed by atoms with van der Waals surface area (Å²) >= 11 is 0. The van der Waals surface area contributed by atoms with E-state index in [9.17, 15) is 8.42 Å². The Hall–Kier alpha value is -2.78. The number of ether oxygens (including phenoxy) is 1. The Kier molecular flexibility index (Phi) is 4.54.